The van der Waals surface area contributed by atoms with Gasteiger partial charge in [0.15, 0.2) is 0 Å². The minimum Gasteiger partial charge on any atom is -0.331 e. The zero-order valence-corrected chi connectivity index (χ0v) is 12.9. The summed E-state index contributed by atoms with van der Waals surface area (Å²) in [6.45, 7) is 6.77. The molecule has 0 fully saturated rings. The lowest BCUT2D eigenvalue weighted by atomic mass is 10.3. The lowest BCUT2D eigenvalue weighted by molar-refractivity contribution is 0.443. The van der Waals surface area contributed by atoms with Crippen molar-refractivity contribution in [3.8, 4) is 0 Å². The van der Waals surface area contributed by atoms with E-state index in [1.54, 1.807) is 0 Å². The van der Waals surface area contributed by atoms with Crippen LogP contribution in [0.5, 0.6) is 0 Å². The van der Waals surface area contributed by atoms with E-state index in [-0.39, 0.29) is 4.75 Å². The maximum absolute atomic E-state index is 6.16. The Morgan fingerprint density at radius 1 is 0.737 bits per heavy atom. The molecule has 0 saturated heterocycles. The van der Waals surface area contributed by atoms with Crippen molar-refractivity contribution in [3.05, 3.63) is 60.7 Å². The fraction of sp³-hybridized carbons (Fsp3) is 0.294. The third-order valence-electron chi connectivity index (χ3n) is 3.26. The van der Waals surface area contributed by atoms with Crippen LogP contribution in [0.3, 0.4) is 0 Å². The molecule has 0 aliphatic carbocycles. The topological polar surface area (TPSA) is 9.23 Å². The number of rotatable bonds is 3. The zero-order valence-electron chi connectivity index (χ0n) is 12.1. The molecule has 0 heterocycles. The average Bonchev–Trinajstić information content (AvgIpc) is 2.41. The first kappa shape index (κ1) is 14.2. The standard InChI is InChI=1S/C17H22OS/c1-17(2,3)19(18-4,15-11-7-5-8-12-15)16-13-9-6-10-14-16/h5-14H,1-4H3. The van der Waals surface area contributed by atoms with Crippen molar-refractivity contribution in [1.29, 1.82) is 0 Å². The molecule has 2 heteroatoms. The summed E-state index contributed by atoms with van der Waals surface area (Å²) in [4.78, 5) is 2.55. The minimum atomic E-state index is -1.51. The molecule has 19 heavy (non-hydrogen) atoms. The summed E-state index contributed by atoms with van der Waals surface area (Å²) in [5.41, 5.74) is 0. The third-order valence-corrected chi connectivity index (χ3v) is 7.36. The summed E-state index contributed by atoms with van der Waals surface area (Å²) in [7, 11) is 0.326. The van der Waals surface area contributed by atoms with E-state index in [1.165, 1.54) is 9.79 Å². The summed E-state index contributed by atoms with van der Waals surface area (Å²) >= 11 is 0. The molecular weight excluding hydrogens is 252 g/mol. The van der Waals surface area contributed by atoms with E-state index in [1.807, 2.05) is 7.11 Å². The van der Waals surface area contributed by atoms with E-state index in [4.69, 9.17) is 4.18 Å². The molecule has 0 amide bonds. The second-order valence-corrected chi connectivity index (χ2v) is 9.07. The highest BCUT2D eigenvalue weighted by Gasteiger charge is 2.40. The maximum atomic E-state index is 6.16. The second-order valence-electron chi connectivity index (χ2n) is 5.46. The largest absolute Gasteiger partial charge is 0.331 e. The van der Waals surface area contributed by atoms with Crippen LogP contribution in [0.2, 0.25) is 0 Å². The van der Waals surface area contributed by atoms with E-state index < -0.39 is 10.3 Å². The van der Waals surface area contributed by atoms with E-state index >= 15 is 0 Å². The fourth-order valence-electron chi connectivity index (χ4n) is 2.51. The zero-order chi connectivity index (χ0) is 13.9. The van der Waals surface area contributed by atoms with Gasteiger partial charge in [-0.3, -0.25) is 0 Å². The summed E-state index contributed by atoms with van der Waals surface area (Å²) < 4.78 is 6.19. The van der Waals surface area contributed by atoms with Gasteiger partial charge in [0.2, 0.25) is 0 Å². The first-order chi connectivity index (χ1) is 9.02. The predicted octanol–water partition coefficient (Wildman–Crippen LogP) is 5.27. The van der Waals surface area contributed by atoms with Crippen molar-refractivity contribution < 1.29 is 4.18 Å². The quantitative estimate of drug-likeness (QED) is 0.741. The lowest BCUT2D eigenvalue weighted by Crippen LogP contribution is -2.26. The van der Waals surface area contributed by atoms with Gasteiger partial charge in [-0.05, 0) is 45.0 Å². The molecule has 0 N–H and O–H groups in total. The highest BCUT2D eigenvalue weighted by molar-refractivity contribution is 8.31. The molecule has 0 atom stereocenters. The normalized spacial score (nSPS) is 13.3. The van der Waals surface area contributed by atoms with E-state index in [9.17, 15) is 0 Å². The lowest BCUT2D eigenvalue weighted by Gasteiger charge is -2.49. The Morgan fingerprint density at radius 3 is 1.37 bits per heavy atom. The SMILES string of the molecule is COS(c1ccccc1)(c1ccccc1)C(C)(C)C. The molecule has 0 radical (unpaired) electrons. The molecule has 102 valence electrons. The monoisotopic (exact) mass is 274 g/mol. The summed E-state index contributed by atoms with van der Waals surface area (Å²) in [5.74, 6) is 0. The average molecular weight is 274 g/mol. The minimum absolute atomic E-state index is 0.0322. The molecule has 2 aromatic rings. The van der Waals surface area contributed by atoms with Crippen LogP contribution in [0, 0.1) is 0 Å². The first-order valence-corrected chi connectivity index (χ1v) is 8.07. The van der Waals surface area contributed by atoms with Crippen LogP contribution in [0.25, 0.3) is 0 Å². The van der Waals surface area contributed by atoms with Crippen LogP contribution in [0.4, 0.5) is 0 Å². The van der Waals surface area contributed by atoms with Gasteiger partial charge in [0, 0.05) is 21.6 Å². The molecule has 2 rings (SSSR count). The van der Waals surface area contributed by atoms with Gasteiger partial charge in [0.05, 0.1) is 0 Å². The molecule has 0 spiro atoms. The number of hydrogen-bond donors (Lipinski definition) is 0. The van der Waals surface area contributed by atoms with Gasteiger partial charge in [-0.25, -0.2) is 0 Å². The Hall–Kier alpha value is -1.25. The van der Waals surface area contributed by atoms with Gasteiger partial charge in [-0.1, -0.05) is 46.7 Å². The van der Waals surface area contributed by atoms with Gasteiger partial charge >= 0.3 is 0 Å². The molecule has 0 aliphatic heterocycles. The van der Waals surface area contributed by atoms with Crippen LogP contribution in [-0.2, 0) is 4.18 Å². The Morgan fingerprint density at radius 2 is 1.11 bits per heavy atom. The van der Waals surface area contributed by atoms with Gasteiger partial charge in [0.25, 0.3) is 0 Å². The summed E-state index contributed by atoms with van der Waals surface area (Å²) in [6.07, 6.45) is 0. The predicted molar refractivity (Wildman–Crippen MR) is 83.8 cm³/mol. The molecule has 0 unspecified atom stereocenters. The molecule has 1 nitrogen and oxygen atoms in total. The Kier molecular flexibility index (Phi) is 4.02. The van der Waals surface area contributed by atoms with E-state index in [2.05, 4.69) is 81.4 Å². The van der Waals surface area contributed by atoms with Gasteiger partial charge in [0.1, 0.15) is 0 Å². The molecular formula is C17H22OS. The molecule has 0 aliphatic rings. The van der Waals surface area contributed by atoms with Gasteiger partial charge in [-0.15, -0.1) is 0 Å². The highest BCUT2D eigenvalue weighted by atomic mass is 32.3. The maximum Gasteiger partial charge on any atom is 0.0490 e. The summed E-state index contributed by atoms with van der Waals surface area (Å²) in [6, 6.07) is 21.2. The van der Waals surface area contributed by atoms with Crippen molar-refractivity contribution in [2.24, 2.45) is 0 Å². The Bertz CT molecular complexity index is 474. The second kappa shape index (κ2) is 5.40. The number of benzene rings is 2. The van der Waals surface area contributed by atoms with Crippen molar-refractivity contribution in [3.63, 3.8) is 0 Å². The Balaban J connectivity index is 2.70. The van der Waals surface area contributed by atoms with Crippen molar-refractivity contribution >= 4 is 10.3 Å². The molecule has 0 bridgehead atoms. The van der Waals surface area contributed by atoms with Gasteiger partial charge in [-0.2, -0.15) is 0 Å². The Labute approximate surface area is 118 Å². The number of hydrogen-bond acceptors (Lipinski definition) is 1. The smallest absolute Gasteiger partial charge is 0.0490 e. The van der Waals surface area contributed by atoms with Crippen LogP contribution in [0.15, 0.2) is 70.5 Å². The molecule has 0 aromatic heterocycles. The summed E-state index contributed by atoms with van der Waals surface area (Å²) in [5, 5.41) is 0. The molecule has 2 aromatic carbocycles. The first-order valence-electron chi connectivity index (χ1n) is 6.51. The third kappa shape index (κ3) is 2.43. The van der Waals surface area contributed by atoms with E-state index in [0.717, 1.165) is 0 Å². The van der Waals surface area contributed by atoms with Crippen molar-refractivity contribution in [2.45, 2.75) is 35.3 Å². The van der Waals surface area contributed by atoms with Crippen molar-refractivity contribution in [1.82, 2.24) is 0 Å². The van der Waals surface area contributed by atoms with Gasteiger partial charge < -0.3 is 4.18 Å². The van der Waals surface area contributed by atoms with Crippen LogP contribution < -0.4 is 0 Å². The van der Waals surface area contributed by atoms with Crippen LogP contribution in [-0.4, -0.2) is 11.9 Å². The highest BCUT2D eigenvalue weighted by Crippen LogP contribution is 2.70. The molecule has 0 saturated carbocycles. The van der Waals surface area contributed by atoms with Crippen LogP contribution in [0.1, 0.15) is 20.8 Å². The van der Waals surface area contributed by atoms with Crippen LogP contribution >= 0.6 is 10.3 Å². The van der Waals surface area contributed by atoms with E-state index in [0.29, 0.717) is 0 Å². The fourth-order valence-corrected chi connectivity index (χ4v) is 6.16. The van der Waals surface area contributed by atoms with Crippen molar-refractivity contribution in [2.75, 3.05) is 7.11 Å².